The number of hydrogen-bond acceptors (Lipinski definition) is 5. The van der Waals surface area contributed by atoms with Crippen molar-refractivity contribution >= 4 is 41.2 Å². The standard InChI is InChI=1S/C20H18ClNO5/c1-13(19(24)22-17-6-4-3-5-16(17)21)27-18(23)12-9-14-7-10-15(11-8-14)20(25)26-2/h3-13H,1-2H3,(H,22,24)/b12-9+/t13-/m0/s1. The van der Waals surface area contributed by atoms with E-state index in [-0.39, 0.29) is 0 Å². The molecule has 0 aliphatic carbocycles. The van der Waals surface area contributed by atoms with Crippen molar-refractivity contribution in [3.05, 3.63) is 70.8 Å². The number of nitrogens with one attached hydrogen (secondary N) is 1. The van der Waals surface area contributed by atoms with Gasteiger partial charge in [0.15, 0.2) is 6.10 Å². The van der Waals surface area contributed by atoms with E-state index in [1.54, 1.807) is 48.5 Å². The number of benzene rings is 2. The second-order valence-corrected chi connectivity index (χ2v) is 5.90. The van der Waals surface area contributed by atoms with Gasteiger partial charge < -0.3 is 14.8 Å². The van der Waals surface area contributed by atoms with E-state index in [9.17, 15) is 14.4 Å². The number of anilines is 1. The summed E-state index contributed by atoms with van der Waals surface area (Å²) in [6.45, 7) is 1.46. The molecule has 1 amide bonds. The van der Waals surface area contributed by atoms with Crippen molar-refractivity contribution in [2.45, 2.75) is 13.0 Å². The van der Waals surface area contributed by atoms with Crippen LogP contribution in [-0.4, -0.2) is 31.1 Å². The van der Waals surface area contributed by atoms with Gasteiger partial charge in [0.2, 0.25) is 0 Å². The van der Waals surface area contributed by atoms with E-state index in [1.807, 2.05) is 0 Å². The zero-order valence-electron chi connectivity index (χ0n) is 14.8. The van der Waals surface area contributed by atoms with Crippen LogP contribution in [0.25, 0.3) is 6.08 Å². The number of amides is 1. The highest BCUT2D eigenvalue weighted by Gasteiger charge is 2.17. The van der Waals surface area contributed by atoms with Gasteiger partial charge in [0.25, 0.3) is 5.91 Å². The molecule has 27 heavy (non-hydrogen) atoms. The van der Waals surface area contributed by atoms with E-state index < -0.39 is 23.9 Å². The van der Waals surface area contributed by atoms with Gasteiger partial charge in [-0.1, -0.05) is 35.9 Å². The second-order valence-electron chi connectivity index (χ2n) is 5.50. The lowest BCUT2D eigenvalue weighted by Crippen LogP contribution is -2.29. The minimum Gasteiger partial charge on any atom is -0.465 e. The third-order valence-corrected chi connectivity index (χ3v) is 3.87. The number of carbonyl (C=O) groups is 3. The summed E-state index contributed by atoms with van der Waals surface area (Å²) in [7, 11) is 1.30. The Hall–Kier alpha value is -3.12. The minimum absolute atomic E-state index is 0.389. The zero-order chi connectivity index (χ0) is 19.8. The lowest BCUT2D eigenvalue weighted by atomic mass is 10.1. The second kappa shape index (κ2) is 9.54. The fraction of sp³-hybridized carbons (Fsp3) is 0.150. The van der Waals surface area contributed by atoms with Crippen LogP contribution in [0.3, 0.4) is 0 Å². The van der Waals surface area contributed by atoms with Crippen molar-refractivity contribution in [1.82, 2.24) is 0 Å². The highest BCUT2D eigenvalue weighted by atomic mass is 35.5. The molecule has 7 heteroatoms. The minimum atomic E-state index is -1.000. The molecule has 0 aromatic heterocycles. The first-order chi connectivity index (χ1) is 12.9. The van der Waals surface area contributed by atoms with Crippen molar-refractivity contribution in [3.63, 3.8) is 0 Å². The maximum atomic E-state index is 12.1. The Morgan fingerprint density at radius 3 is 2.37 bits per heavy atom. The maximum absolute atomic E-state index is 12.1. The maximum Gasteiger partial charge on any atom is 0.337 e. The molecule has 0 bridgehead atoms. The Morgan fingerprint density at radius 2 is 1.74 bits per heavy atom. The van der Waals surface area contributed by atoms with E-state index in [0.717, 1.165) is 0 Å². The van der Waals surface area contributed by atoms with E-state index in [0.29, 0.717) is 21.8 Å². The largest absolute Gasteiger partial charge is 0.465 e. The van der Waals surface area contributed by atoms with Crippen LogP contribution in [0.15, 0.2) is 54.6 Å². The third-order valence-electron chi connectivity index (χ3n) is 3.54. The van der Waals surface area contributed by atoms with E-state index in [1.165, 1.54) is 26.2 Å². The highest BCUT2D eigenvalue weighted by Crippen LogP contribution is 2.20. The van der Waals surface area contributed by atoms with Crippen molar-refractivity contribution in [1.29, 1.82) is 0 Å². The van der Waals surface area contributed by atoms with Crippen LogP contribution in [-0.2, 0) is 19.1 Å². The first-order valence-corrected chi connectivity index (χ1v) is 8.41. The smallest absolute Gasteiger partial charge is 0.337 e. The number of halogens is 1. The molecule has 2 rings (SSSR count). The van der Waals surface area contributed by atoms with Crippen LogP contribution in [0.1, 0.15) is 22.8 Å². The third kappa shape index (κ3) is 5.97. The molecule has 0 saturated carbocycles. The normalized spacial score (nSPS) is 11.7. The fourth-order valence-corrected chi connectivity index (χ4v) is 2.26. The summed E-state index contributed by atoms with van der Waals surface area (Å²) in [6.07, 6.45) is 1.72. The SMILES string of the molecule is COC(=O)c1ccc(/C=C/C(=O)O[C@@H](C)C(=O)Nc2ccccc2Cl)cc1. The summed E-state index contributed by atoms with van der Waals surface area (Å²) in [5.41, 5.74) is 1.53. The molecule has 0 aliphatic rings. The van der Waals surface area contributed by atoms with Gasteiger partial charge in [0, 0.05) is 6.08 Å². The van der Waals surface area contributed by atoms with Crippen LogP contribution in [0, 0.1) is 0 Å². The number of ether oxygens (including phenoxy) is 2. The number of rotatable bonds is 6. The molecule has 0 radical (unpaired) electrons. The predicted molar refractivity (Wildman–Crippen MR) is 102 cm³/mol. The first kappa shape index (κ1) is 20.2. The molecule has 1 N–H and O–H groups in total. The molecule has 1 atom stereocenters. The average molecular weight is 388 g/mol. The molecule has 2 aromatic carbocycles. The lowest BCUT2D eigenvalue weighted by molar-refractivity contribution is -0.148. The monoisotopic (exact) mass is 387 g/mol. The van der Waals surface area contributed by atoms with E-state index in [4.69, 9.17) is 16.3 Å². The summed E-state index contributed by atoms with van der Waals surface area (Å²) in [5, 5.41) is 2.98. The van der Waals surface area contributed by atoms with Gasteiger partial charge in [-0.15, -0.1) is 0 Å². The summed E-state index contributed by atoms with van der Waals surface area (Å²) >= 11 is 5.97. The number of carbonyl (C=O) groups excluding carboxylic acids is 3. The zero-order valence-corrected chi connectivity index (χ0v) is 15.5. The lowest BCUT2D eigenvalue weighted by Gasteiger charge is -2.13. The Balaban J connectivity index is 1.90. The van der Waals surface area contributed by atoms with Gasteiger partial charge in [-0.3, -0.25) is 4.79 Å². The van der Waals surface area contributed by atoms with Crippen molar-refractivity contribution in [2.75, 3.05) is 12.4 Å². The molecule has 0 fully saturated rings. The summed E-state index contributed by atoms with van der Waals surface area (Å²) < 4.78 is 9.68. The van der Waals surface area contributed by atoms with Gasteiger partial charge in [-0.05, 0) is 42.8 Å². The number of methoxy groups -OCH3 is 1. The van der Waals surface area contributed by atoms with E-state index >= 15 is 0 Å². The molecule has 0 unspecified atom stereocenters. The van der Waals surface area contributed by atoms with Gasteiger partial charge in [-0.25, -0.2) is 9.59 Å². The number of hydrogen-bond donors (Lipinski definition) is 1. The van der Waals surface area contributed by atoms with Crippen molar-refractivity contribution in [2.24, 2.45) is 0 Å². The molecule has 140 valence electrons. The molecule has 0 saturated heterocycles. The van der Waals surface area contributed by atoms with Gasteiger partial charge >= 0.3 is 11.9 Å². The Labute approximate surface area is 161 Å². The van der Waals surface area contributed by atoms with Crippen LogP contribution >= 0.6 is 11.6 Å². The van der Waals surface area contributed by atoms with Crippen molar-refractivity contribution < 1.29 is 23.9 Å². The molecular weight excluding hydrogens is 370 g/mol. The Bertz CT molecular complexity index is 861. The summed E-state index contributed by atoms with van der Waals surface area (Å²) in [6, 6.07) is 13.2. The van der Waals surface area contributed by atoms with E-state index in [2.05, 4.69) is 10.1 Å². The van der Waals surface area contributed by atoms with Crippen LogP contribution < -0.4 is 5.32 Å². The highest BCUT2D eigenvalue weighted by molar-refractivity contribution is 6.33. The molecule has 6 nitrogen and oxygen atoms in total. The molecule has 0 spiro atoms. The van der Waals surface area contributed by atoms with Gasteiger partial charge in [-0.2, -0.15) is 0 Å². The molecule has 0 aliphatic heterocycles. The van der Waals surface area contributed by atoms with Gasteiger partial charge in [0.1, 0.15) is 0 Å². The van der Waals surface area contributed by atoms with Crippen LogP contribution in [0.4, 0.5) is 5.69 Å². The Morgan fingerprint density at radius 1 is 1.07 bits per heavy atom. The van der Waals surface area contributed by atoms with Crippen LogP contribution in [0.2, 0.25) is 5.02 Å². The molecule has 0 heterocycles. The number of para-hydroxylation sites is 1. The van der Waals surface area contributed by atoms with Gasteiger partial charge in [0.05, 0.1) is 23.4 Å². The molecule has 2 aromatic rings. The fourth-order valence-electron chi connectivity index (χ4n) is 2.08. The first-order valence-electron chi connectivity index (χ1n) is 8.03. The van der Waals surface area contributed by atoms with Crippen LogP contribution in [0.5, 0.6) is 0 Å². The average Bonchev–Trinajstić information content (AvgIpc) is 2.67. The quantitative estimate of drug-likeness (QED) is 0.603. The summed E-state index contributed by atoms with van der Waals surface area (Å²) in [4.78, 5) is 35.3. The number of esters is 2. The van der Waals surface area contributed by atoms with Crippen molar-refractivity contribution in [3.8, 4) is 0 Å². The topological polar surface area (TPSA) is 81.7 Å². The molecular formula is C20H18ClNO5. The predicted octanol–water partition coefficient (Wildman–Crippen LogP) is 3.71. The Kier molecular flexibility index (Phi) is 7.14. The summed E-state index contributed by atoms with van der Waals surface area (Å²) in [5.74, 6) is -1.61.